The van der Waals surface area contributed by atoms with Crippen molar-refractivity contribution in [2.75, 3.05) is 11.7 Å². The van der Waals surface area contributed by atoms with Gasteiger partial charge in [-0.15, -0.1) is 23.1 Å². The molecule has 0 fully saturated rings. The minimum absolute atomic E-state index is 0.472. The fraction of sp³-hybridized carbons (Fsp3) is 0.143. The number of anilines is 1. The molecule has 0 spiro atoms. The molecule has 68 valence electrons. The molecule has 0 aliphatic rings. The van der Waals surface area contributed by atoms with Gasteiger partial charge in [0.15, 0.2) is 0 Å². The van der Waals surface area contributed by atoms with Gasteiger partial charge < -0.3 is 0 Å². The molecule has 0 unspecified atom stereocenters. The molecule has 0 saturated heterocycles. The summed E-state index contributed by atoms with van der Waals surface area (Å²) in [6.07, 6.45) is 1.99. The van der Waals surface area contributed by atoms with Crippen LogP contribution in [0.1, 0.15) is 0 Å². The number of nitrogens with one attached hydrogen (secondary N) is 1. The first-order valence-electron chi connectivity index (χ1n) is 3.61. The van der Waals surface area contributed by atoms with Crippen molar-refractivity contribution in [1.82, 2.24) is 9.97 Å². The van der Waals surface area contributed by atoms with E-state index in [0.717, 1.165) is 15.2 Å². The molecule has 0 amide bonds. The maximum atomic E-state index is 5.25. The van der Waals surface area contributed by atoms with Gasteiger partial charge in [0, 0.05) is 5.39 Å². The maximum Gasteiger partial charge on any atom is 0.239 e. The minimum Gasteiger partial charge on any atom is -0.292 e. The number of fused-ring (bicyclic) bond motifs is 1. The molecule has 0 atom stereocenters. The average molecular weight is 212 g/mol. The fourth-order valence-electron chi connectivity index (χ4n) is 1.05. The maximum absolute atomic E-state index is 5.25. The summed E-state index contributed by atoms with van der Waals surface area (Å²) in [6, 6.07) is 2.02. The Labute approximate surface area is 83.5 Å². The number of nitrogen functional groups attached to an aromatic ring is 1. The Kier molecular flexibility index (Phi) is 2.34. The van der Waals surface area contributed by atoms with Crippen molar-refractivity contribution in [2.45, 2.75) is 5.03 Å². The molecule has 0 aromatic carbocycles. The van der Waals surface area contributed by atoms with E-state index in [4.69, 9.17) is 5.84 Å². The molecular formula is C7H8N4S2. The van der Waals surface area contributed by atoms with Crippen LogP contribution in [0.4, 0.5) is 5.95 Å². The minimum atomic E-state index is 0.472. The Morgan fingerprint density at radius 3 is 3.08 bits per heavy atom. The smallest absolute Gasteiger partial charge is 0.239 e. The number of hydrogen-bond acceptors (Lipinski definition) is 6. The summed E-state index contributed by atoms with van der Waals surface area (Å²) in [5, 5.41) is 4.05. The summed E-state index contributed by atoms with van der Waals surface area (Å²) >= 11 is 3.18. The van der Waals surface area contributed by atoms with Gasteiger partial charge in [0.2, 0.25) is 5.95 Å². The second-order valence-corrected chi connectivity index (χ2v) is 4.03. The zero-order valence-corrected chi connectivity index (χ0v) is 8.58. The third-order valence-corrected chi connectivity index (χ3v) is 3.12. The normalized spacial score (nSPS) is 10.6. The van der Waals surface area contributed by atoms with E-state index < -0.39 is 0 Å². The van der Waals surface area contributed by atoms with Crippen molar-refractivity contribution >= 4 is 39.3 Å². The largest absolute Gasteiger partial charge is 0.292 e. The van der Waals surface area contributed by atoms with Crippen molar-refractivity contribution in [3.8, 4) is 0 Å². The van der Waals surface area contributed by atoms with Gasteiger partial charge in [0.25, 0.3) is 0 Å². The van der Waals surface area contributed by atoms with E-state index in [1.54, 1.807) is 23.1 Å². The van der Waals surface area contributed by atoms with E-state index in [2.05, 4.69) is 15.4 Å². The number of hydrazine groups is 1. The average Bonchev–Trinajstić information content (AvgIpc) is 2.63. The molecule has 6 heteroatoms. The highest BCUT2D eigenvalue weighted by Crippen LogP contribution is 2.27. The van der Waals surface area contributed by atoms with E-state index in [0.29, 0.717) is 5.95 Å². The van der Waals surface area contributed by atoms with Crippen molar-refractivity contribution in [1.29, 1.82) is 0 Å². The molecular weight excluding hydrogens is 204 g/mol. The number of nitrogens with zero attached hydrogens (tertiary/aromatic N) is 2. The predicted octanol–water partition coefficient (Wildman–Crippen LogP) is 1.70. The van der Waals surface area contributed by atoms with Crippen molar-refractivity contribution in [2.24, 2.45) is 5.84 Å². The van der Waals surface area contributed by atoms with Gasteiger partial charge in [0.1, 0.15) is 9.86 Å². The molecule has 13 heavy (non-hydrogen) atoms. The van der Waals surface area contributed by atoms with E-state index in [-0.39, 0.29) is 0 Å². The van der Waals surface area contributed by atoms with Crippen molar-refractivity contribution in [3.05, 3.63) is 11.4 Å². The summed E-state index contributed by atoms with van der Waals surface area (Å²) in [5.74, 6) is 5.73. The lowest BCUT2D eigenvalue weighted by atomic mass is 10.4. The van der Waals surface area contributed by atoms with Crippen LogP contribution in [0, 0.1) is 0 Å². The van der Waals surface area contributed by atoms with E-state index in [1.807, 2.05) is 17.7 Å². The lowest BCUT2D eigenvalue weighted by Crippen LogP contribution is -2.10. The van der Waals surface area contributed by atoms with Crippen LogP contribution in [0.3, 0.4) is 0 Å². The topological polar surface area (TPSA) is 63.8 Å². The second kappa shape index (κ2) is 3.49. The molecule has 2 heterocycles. The monoisotopic (exact) mass is 212 g/mol. The van der Waals surface area contributed by atoms with Gasteiger partial charge in [-0.25, -0.2) is 15.8 Å². The summed E-state index contributed by atoms with van der Waals surface area (Å²) in [4.78, 5) is 9.42. The number of aromatic nitrogens is 2. The van der Waals surface area contributed by atoms with Gasteiger partial charge in [0.05, 0.1) is 0 Å². The van der Waals surface area contributed by atoms with Crippen LogP contribution in [0.15, 0.2) is 16.5 Å². The van der Waals surface area contributed by atoms with Crippen LogP contribution in [0.5, 0.6) is 0 Å². The second-order valence-electron chi connectivity index (χ2n) is 2.34. The standard InChI is InChI=1S/C7H8N4S2/c1-12-5-4-2-3-13-6(4)10-7(9-5)11-8/h2-3H,8H2,1H3,(H,9,10,11). The van der Waals surface area contributed by atoms with E-state index in [1.165, 1.54) is 0 Å². The summed E-state index contributed by atoms with van der Waals surface area (Å²) in [5.41, 5.74) is 2.45. The predicted molar refractivity (Wildman–Crippen MR) is 57.0 cm³/mol. The molecule has 0 saturated carbocycles. The first-order chi connectivity index (χ1) is 6.35. The molecule has 0 radical (unpaired) electrons. The Morgan fingerprint density at radius 1 is 1.54 bits per heavy atom. The summed E-state index contributed by atoms with van der Waals surface area (Å²) < 4.78 is 0. The first kappa shape index (κ1) is 8.74. The molecule has 2 aromatic heterocycles. The molecule has 0 aliphatic carbocycles. The van der Waals surface area contributed by atoms with Crippen LogP contribution in [-0.2, 0) is 0 Å². The van der Waals surface area contributed by atoms with Crippen LogP contribution in [-0.4, -0.2) is 16.2 Å². The van der Waals surface area contributed by atoms with Crippen molar-refractivity contribution < 1.29 is 0 Å². The van der Waals surface area contributed by atoms with Gasteiger partial charge >= 0.3 is 0 Å². The third kappa shape index (κ3) is 1.48. The Hall–Kier alpha value is -0.850. The summed E-state index contributed by atoms with van der Waals surface area (Å²) in [6.45, 7) is 0. The molecule has 2 aromatic rings. The lowest BCUT2D eigenvalue weighted by Gasteiger charge is -2.01. The quantitative estimate of drug-likeness (QED) is 0.343. The highest BCUT2D eigenvalue weighted by Gasteiger charge is 2.06. The molecule has 0 aliphatic heterocycles. The Bertz CT molecular complexity index is 425. The molecule has 4 nitrogen and oxygen atoms in total. The number of hydrogen-bond donors (Lipinski definition) is 2. The molecule has 3 N–H and O–H groups in total. The highest BCUT2D eigenvalue weighted by molar-refractivity contribution is 7.98. The molecule has 0 bridgehead atoms. The molecule has 2 rings (SSSR count). The SMILES string of the molecule is CSc1nc(NN)nc2sccc12. The number of rotatable bonds is 2. The number of thioether (sulfide) groups is 1. The highest BCUT2D eigenvalue weighted by atomic mass is 32.2. The van der Waals surface area contributed by atoms with Gasteiger partial charge in [-0.3, -0.25) is 5.43 Å². The van der Waals surface area contributed by atoms with E-state index in [9.17, 15) is 0 Å². The first-order valence-corrected chi connectivity index (χ1v) is 5.71. The van der Waals surface area contributed by atoms with E-state index >= 15 is 0 Å². The van der Waals surface area contributed by atoms with Gasteiger partial charge in [-0.05, 0) is 17.7 Å². The van der Waals surface area contributed by atoms with Crippen LogP contribution < -0.4 is 11.3 Å². The zero-order chi connectivity index (χ0) is 9.26. The zero-order valence-electron chi connectivity index (χ0n) is 6.94. The van der Waals surface area contributed by atoms with Crippen LogP contribution in [0.25, 0.3) is 10.2 Å². The summed E-state index contributed by atoms with van der Waals surface area (Å²) in [7, 11) is 0. The Balaban J connectivity index is 2.70. The van der Waals surface area contributed by atoms with Crippen molar-refractivity contribution in [3.63, 3.8) is 0 Å². The number of thiophene rings is 1. The number of nitrogens with two attached hydrogens (primary N) is 1. The van der Waals surface area contributed by atoms with Gasteiger partial charge in [-0.1, -0.05) is 0 Å². The fourth-order valence-corrected chi connectivity index (χ4v) is 2.44. The van der Waals surface area contributed by atoms with Crippen LogP contribution >= 0.6 is 23.1 Å². The Morgan fingerprint density at radius 2 is 2.38 bits per heavy atom. The lowest BCUT2D eigenvalue weighted by molar-refractivity contribution is 1.08. The van der Waals surface area contributed by atoms with Crippen LogP contribution in [0.2, 0.25) is 0 Å². The third-order valence-electron chi connectivity index (χ3n) is 1.61. The van der Waals surface area contributed by atoms with Gasteiger partial charge in [-0.2, -0.15) is 0 Å².